The molecule has 18 heavy (non-hydrogen) atoms. The highest BCUT2D eigenvalue weighted by atomic mass is 32.2. The molecule has 0 saturated heterocycles. The van der Waals surface area contributed by atoms with Gasteiger partial charge in [-0.05, 0) is 24.6 Å². The van der Waals surface area contributed by atoms with Crippen molar-refractivity contribution >= 4 is 10.0 Å². The monoisotopic (exact) mass is 271 g/mol. The van der Waals surface area contributed by atoms with Gasteiger partial charge in [0.2, 0.25) is 10.0 Å². The predicted molar refractivity (Wildman–Crippen MR) is 72.7 cm³/mol. The molecule has 0 saturated carbocycles. The molecule has 1 rings (SSSR count). The first kappa shape index (κ1) is 15.1. The molecule has 6 heteroatoms. The lowest BCUT2D eigenvalue weighted by molar-refractivity contribution is 0.555. The second-order valence-corrected chi connectivity index (χ2v) is 6.42. The Morgan fingerprint density at radius 2 is 1.83 bits per heavy atom. The molecule has 0 aliphatic carbocycles. The topological polar surface area (TPSA) is 71.1 Å². The van der Waals surface area contributed by atoms with E-state index in [1.807, 2.05) is 20.8 Å². The van der Waals surface area contributed by atoms with Gasteiger partial charge in [0.05, 0.1) is 5.75 Å². The van der Waals surface area contributed by atoms with E-state index in [0.717, 1.165) is 5.56 Å². The second-order valence-electron chi connectivity index (χ2n) is 4.55. The van der Waals surface area contributed by atoms with Gasteiger partial charge in [0.1, 0.15) is 0 Å². The van der Waals surface area contributed by atoms with E-state index in [9.17, 15) is 8.42 Å². The summed E-state index contributed by atoms with van der Waals surface area (Å²) in [6.07, 6.45) is 3.31. The molecule has 1 aromatic rings. The minimum absolute atomic E-state index is 0.0839. The number of nitrogens with one attached hydrogen (secondary N) is 2. The summed E-state index contributed by atoms with van der Waals surface area (Å²) < 4.78 is 26.3. The maximum Gasteiger partial charge on any atom is 0.213 e. The summed E-state index contributed by atoms with van der Waals surface area (Å²) in [5, 5.41) is 3.09. The Kier molecular flexibility index (Phi) is 5.71. The van der Waals surface area contributed by atoms with Gasteiger partial charge >= 0.3 is 0 Å². The third kappa shape index (κ3) is 5.57. The summed E-state index contributed by atoms with van der Waals surface area (Å²) in [6, 6.07) is 3.66. The van der Waals surface area contributed by atoms with Crippen molar-refractivity contribution in [1.82, 2.24) is 15.0 Å². The van der Waals surface area contributed by atoms with E-state index in [1.54, 1.807) is 24.5 Å². The molecule has 1 heterocycles. The van der Waals surface area contributed by atoms with Crippen LogP contribution >= 0.6 is 0 Å². The van der Waals surface area contributed by atoms with Crippen LogP contribution in [0.5, 0.6) is 0 Å². The van der Waals surface area contributed by atoms with Crippen molar-refractivity contribution in [3.8, 4) is 0 Å². The van der Waals surface area contributed by atoms with E-state index in [1.165, 1.54) is 0 Å². The van der Waals surface area contributed by atoms with Crippen molar-refractivity contribution in [3.63, 3.8) is 0 Å². The van der Waals surface area contributed by atoms with Crippen molar-refractivity contribution in [2.75, 3.05) is 12.3 Å². The van der Waals surface area contributed by atoms with Crippen LogP contribution < -0.4 is 10.0 Å². The number of hydrogen-bond donors (Lipinski definition) is 2. The van der Waals surface area contributed by atoms with E-state index in [2.05, 4.69) is 15.0 Å². The molecule has 0 radical (unpaired) electrons. The molecular weight excluding hydrogens is 250 g/mol. The van der Waals surface area contributed by atoms with Crippen molar-refractivity contribution in [1.29, 1.82) is 0 Å². The first-order valence-corrected chi connectivity index (χ1v) is 7.69. The Balaban J connectivity index is 2.50. The fraction of sp³-hybridized carbons (Fsp3) is 0.583. The maximum absolute atomic E-state index is 11.8. The van der Waals surface area contributed by atoms with Crippen molar-refractivity contribution < 1.29 is 8.42 Å². The molecule has 1 aromatic heterocycles. The molecular formula is C12H21N3O2S. The number of hydrogen-bond acceptors (Lipinski definition) is 4. The van der Waals surface area contributed by atoms with Gasteiger partial charge in [0.15, 0.2) is 0 Å². The van der Waals surface area contributed by atoms with Gasteiger partial charge in [0.25, 0.3) is 0 Å². The lowest BCUT2D eigenvalue weighted by Gasteiger charge is -2.15. The quantitative estimate of drug-likeness (QED) is 0.778. The van der Waals surface area contributed by atoms with Gasteiger partial charge in [0, 0.05) is 31.0 Å². The highest BCUT2D eigenvalue weighted by molar-refractivity contribution is 7.89. The Bertz CT molecular complexity index is 446. The van der Waals surface area contributed by atoms with Crippen LogP contribution in [0.3, 0.4) is 0 Å². The highest BCUT2D eigenvalue weighted by Crippen LogP contribution is 2.11. The van der Waals surface area contributed by atoms with E-state index in [4.69, 9.17) is 0 Å². The van der Waals surface area contributed by atoms with Gasteiger partial charge in [-0.3, -0.25) is 4.98 Å². The van der Waals surface area contributed by atoms with E-state index < -0.39 is 10.0 Å². The van der Waals surface area contributed by atoms with Crippen LogP contribution in [0.2, 0.25) is 0 Å². The minimum Gasteiger partial charge on any atom is -0.313 e. The van der Waals surface area contributed by atoms with E-state index >= 15 is 0 Å². The molecule has 1 atom stereocenters. The van der Waals surface area contributed by atoms with Gasteiger partial charge in [-0.15, -0.1) is 0 Å². The zero-order chi connectivity index (χ0) is 13.6. The number of pyridine rings is 1. The molecule has 0 bridgehead atoms. The Morgan fingerprint density at radius 3 is 2.39 bits per heavy atom. The zero-order valence-corrected chi connectivity index (χ0v) is 11.9. The number of nitrogens with zero attached hydrogens (tertiary/aromatic N) is 1. The molecule has 0 aliphatic heterocycles. The Labute approximate surface area is 109 Å². The molecule has 5 nitrogen and oxygen atoms in total. The zero-order valence-electron chi connectivity index (χ0n) is 11.1. The molecule has 0 aliphatic rings. The highest BCUT2D eigenvalue weighted by Gasteiger charge is 2.15. The van der Waals surface area contributed by atoms with Crippen LogP contribution in [0.4, 0.5) is 0 Å². The van der Waals surface area contributed by atoms with Gasteiger partial charge < -0.3 is 5.32 Å². The van der Waals surface area contributed by atoms with Crippen molar-refractivity contribution in [2.24, 2.45) is 0 Å². The molecule has 0 aromatic carbocycles. The summed E-state index contributed by atoms with van der Waals surface area (Å²) in [5.74, 6) is 0.0839. The first-order valence-electron chi connectivity index (χ1n) is 6.04. The normalized spacial score (nSPS) is 13.8. The van der Waals surface area contributed by atoms with Crippen LogP contribution in [0, 0.1) is 0 Å². The van der Waals surface area contributed by atoms with Gasteiger partial charge in [-0.25, -0.2) is 13.1 Å². The average Bonchev–Trinajstić information content (AvgIpc) is 2.28. The lowest BCUT2D eigenvalue weighted by Crippen LogP contribution is -2.35. The van der Waals surface area contributed by atoms with Crippen LogP contribution in [-0.4, -0.2) is 31.7 Å². The fourth-order valence-electron chi connectivity index (χ4n) is 1.53. The molecule has 102 valence electrons. The fourth-order valence-corrected chi connectivity index (χ4v) is 2.71. The third-order valence-electron chi connectivity index (χ3n) is 2.49. The largest absolute Gasteiger partial charge is 0.313 e. The molecule has 2 N–H and O–H groups in total. The number of aromatic nitrogens is 1. The van der Waals surface area contributed by atoms with Crippen LogP contribution in [0.25, 0.3) is 0 Å². The van der Waals surface area contributed by atoms with E-state index in [0.29, 0.717) is 6.54 Å². The average molecular weight is 271 g/mol. The molecule has 0 amide bonds. The van der Waals surface area contributed by atoms with E-state index in [-0.39, 0.29) is 17.8 Å². The SMILES string of the molecule is CC(C)NCCS(=O)(=O)NC(C)c1ccncc1. The van der Waals surface area contributed by atoms with Crippen LogP contribution in [-0.2, 0) is 10.0 Å². The summed E-state index contributed by atoms with van der Waals surface area (Å²) in [5.41, 5.74) is 0.908. The van der Waals surface area contributed by atoms with Gasteiger partial charge in [-0.1, -0.05) is 13.8 Å². The minimum atomic E-state index is -3.26. The predicted octanol–water partition coefficient (Wildman–Crippen LogP) is 1.06. The second kappa shape index (κ2) is 6.82. The summed E-state index contributed by atoms with van der Waals surface area (Å²) in [6.45, 7) is 6.25. The Morgan fingerprint density at radius 1 is 1.22 bits per heavy atom. The molecule has 1 unspecified atom stereocenters. The van der Waals surface area contributed by atoms with Crippen molar-refractivity contribution in [3.05, 3.63) is 30.1 Å². The maximum atomic E-state index is 11.8. The smallest absolute Gasteiger partial charge is 0.213 e. The van der Waals surface area contributed by atoms with Gasteiger partial charge in [-0.2, -0.15) is 0 Å². The van der Waals surface area contributed by atoms with Crippen LogP contribution in [0.15, 0.2) is 24.5 Å². The summed E-state index contributed by atoms with van der Waals surface area (Å²) in [7, 11) is -3.26. The lowest BCUT2D eigenvalue weighted by atomic mass is 10.1. The molecule has 0 spiro atoms. The third-order valence-corrected chi connectivity index (χ3v) is 3.94. The number of sulfonamides is 1. The summed E-state index contributed by atoms with van der Waals surface area (Å²) in [4.78, 5) is 3.91. The Hall–Kier alpha value is -0.980. The molecule has 0 fully saturated rings. The van der Waals surface area contributed by atoms with Crippen LogP contribution in [0.1, 0.15) is 32.4 Å². The summed E-state index contributed by atoms with van der Waals surface area (Å²) >= 11 is 0. The standard InChI is InChI=1S/C12H21N3O2S/c1-10(2)14-8-9-18(16,17)15-11(3)12-4-6-13-7-5-12/h4-7,10-11,14-15H,8-9H2,1-3H3. The number of rotatable bonds is 7. The first-order chi connectivity index (χ1) is 8.41. The van der Waals surface area contributed by atoms with Crippen molar-refractivity contribution in [2.45, 2.75) is 32.9 Å².